The number of methoxy groups -OCH3 is 1. The number of nitrogens with two attached hydrogens (primary N) is 1. The number of primary amides is 1. The quantitative estimate of drug-likeness (QED) is 0.798. The lowest BCUT2D eigenvalue weighted by atomic mass is 10.1. The van der Waals surface area contributed by atoms with E-state index in [4.69, 9.17) is 5.73 Å². The minimum atomic E-state index is -0.426. The highest BCUT2D eigenvalue weighted by molar-refractivity contribution is 7.98. The second-order valence-electron chi connectivity index (χ2n) is 4.00. The number of hydrogen-bond donors (Lipinski definition) is 1. The Bertz CT molecular complexity index is 434. The van der Waals surface area contributed by atoms with Crippen molar-refractivity contribution >= 4 is 23.6 Å². The molecule has 1 atom stereocenters. The van der Waals surface area contributed by atoms with Crippen LogP contribution in [-0.4, -0.2) is 24.7 Å². The largest absolute Gasteiger partial charge is 0.469 e. The third-order valence-electron chi connectivity index (χ3n) is 2.45. The third kappa shape index (κ3) is 4.41. The minimum Gasteiger partial charge on any atom is -0.469 e. The second kappa shape index (κ2) is 7.06. The first-order chi connectivity index (χ1) is 8.54. The van der Waals surface area contributed by atoms with Gasteiger partial charge in [-0.3, -0.25) is 9.59 Å². The molecule has 1 rings (SSSR count). The molecule has 0 heterocycles. The maximum atomic E-state index is 11.2. The third-order valence-corrected chi connectivity index (χ3v) is 3.72. The molecular weight excluding hydrogens is 250 g/mol. The van der Waals surface area contributed by atoms with Crippen LogP contribution in [0.2, 0.25) is 0 Å². The lowest BCUT2D eigenvalue weighted by Crippen LogP contribution is -2.15. The summed E-state index contributed by atoms with van der Waals surface area (Å²) in [5.41, 5.74) is 6.74. The van der Waals surface area contributed by atoms with Gasteiger partial charge in [-0.05, 0) is 17.7 Å². The molecule has 0 radical (unpaired) electrons. The Labute approximate surface area is 111 Å². The first kappa shape index (κ1) is 14.6. The van der Waals surface area contributed by atoms with Crippen LogP contribution in [0.15, 0.2) is 24.3 Å². The van der Waals surface area contributed by atoms with E-state index in [9.17, 15) is 9.59 Å². The zero-order chi connectivity index (χ0) is 13.5. The van der Waals surface area contributed by atoms with Crippen molar-refractivity contribution < 1.29 is 14.3 Å². The van der Waals surface area contributed by atoms with Gasteiger partial charge >= 0.3 is 5.97 Å². The Hall–Kier alpha value is -1.49. The van der Waals surface area contributed by atoms with Crippen molar-refractivity contribution in [1.82, 2.24) is 0 Å². The highest BCUT2D eigenvalue weighted by Crippen LogP contribution is 2.17. The summed E-state index contributed by atoms with van der Waals surface area (Å²) in [6, 6.07) is 7.20. The summed E-state index contributed by atoms with van der Waals surface area (Å²) >= 11 is 1.63. The molecule has 0 aliphatic rings. The number of esters is 1. The molecule has 0 fully saturated rings. The Balaban J connectivity index is 2.46. The van der Waals surface area contributed by atoms with Gasteiger partial charge in [0.05, 0.1) is 13.0 Å². The SMILES string of the molecule is COC(=O)C(C)CSCc1cccc(C(N)=O)c1. The molecule has 1 amide bonds. The van der Waals surface area contributed by atoms with Crippen LogP contribution in [0.5, 0.6) is 0 Å². The van der Waals surface area contributed by atoms with E-state index < -0.39 is 5.91 Å². The van der Waals surface area contributed by atoms with Crippen LogP contribution in [0.4, 0.5) is 0 Å². The summed E-state index contributed by atoms with van der Waals surface area (Å²) in [7, 11) is 1.39. The lowest BCUT2D eigenvalue weighted by Gasteiger charge is -2.08. The van der Waals surface area contributed by atoms with Crippen molar-refractivity contribution in [3.63, 3.8) is 0 Å². The van der Waals surface area contributed by atoms with Crippen LogP contribution >= 0.6 is 11.8 Å². The number of benzene rings is 1. The summed E-state index contributed by atoms with van der Waals surface area (Å²) in [5.74, 6) is 0.674. The molecule has 0 aliphatic carbocycles. The molecule has 1 unspecified atom stereocenters. The molecule has 1 aromatic carbocycles. The van der Waals surface area contributed by atoms with Crippen molar-refractivity contribution in [3.05, 3.63) is 35.4 Å². The normalized spacial score (nSPS) is 11.9. The highest BCUT2D eigenvalue weighted by Gasteiger charge is 2.12. The van der Waals surface area contributed by atoms with Gasteiger partial charge in [-0.1, -0.05) is 19.1 Å². The van der Waals surface area contributed by atoms with Gasteiger partial charge in [0, 0.05) is 17.1 Å². The van der Waals surface area contributed by atoms with E-state index in [1.54, 1.807) is 30.0 Å². The van der Waals surface area contributed by atoms with E-state index in [2.05, 4.69) is 4.74 Å². The molecule has 0 spiro atoms. The fourth-order valence-corrected chi connectivity index (χ4v) is 2.46. The molecule has 2 N–H and O–H groups in total. The first-order valence-electron chi connectivity index (χ1n) is 5.59. The smallest absolute Gasteiger partial charge is 0.309 e. The Morgan fingerprint density at radius 2 is 2.17 bits per heavy atom. The molecule has 98 valence electrons. The number of carbonyl (C=O) groups excluding carboxylic acids is 2. The topological polar surface area (TPSA) is 69.4 Å². The van der Waals surface area contributed by atoms with Crippen LogP contribution in [0.1, 0.15) is 22.8 Å². The summed E-state index contributed by atoms with van der Waals surface area (Å²) in [6.07, 6.45) is 0. The predicted molar refractivity (Wildman–Crippen MR) is 72.3 cm³/mol. The molecule has 0 saturated heterocycles. The molecule has 5 heteroatoms. The van der Waals surface area contributed by atoms with Gasteiger partial charge in [0.1, 0.15) is 0 Å². The number of carbonyl (C=O) groups is 2. The van der Waals surface area contributed by atoms with E-state index >= 15 is 0 Å². The van der Waals surface area contributed by atoms with Crippen molar-refractivity contribution in [1.29, 1.82) is 0 Å². The van der Waals surface area contributed by atoms with Gasteiger partial charge in [0.15, 0.2) is 0 Å². The monoisotopic (exact) mass is 267 g/mol. The van der Waals surface area contributed by atoms with Crippen LogP contribution < -0.4 is 5.73 Å². The summed E-state index contributed by atoms with van der Waals surface area (Å²) in [5, 5.41) is 0. The van der Waals surface area contributed by atoms with E-state index in [-0.39, 0.29) is 11.9 Å². The van der Waals surface area contributed by atoms with Gasteiger partial charge in [0.25, 0.3) is 0 Å². The zero-order valence-electron chi connectivity index (χ0n) is 10.5. The molecule has 0 aliphatic heterocycles. The van der Waals surface area contributed by atoms with Crippen LogP contribution in [0.3, 0.4) is 0 Å². The minimum absolute atomic E-state index is 0.126. The Morgan fingerprint density at radius 3 is 2.78 bits per heavy atom. The van der Waals surface area contributed by atoms with Gasteiger partial charge < -0.3 is 10.5 Å². The Kier molecular flexibility index (Phi) is 5.71. The van der Waals surface area contributed by atoms with Crippen molar-refractivity contribution in [3.8, 4) is 0 Å². The van der Waals surface area contributed by atoms with E-state index in [0.717, 1.165) is 11.3 Å². The maximum Gasteiger partial charge on any atom is 0.309 e. The van der Waals surface area contributed by atoms with E-state index in [1.165, 1.54) is 7.11 Å². The second-order valence-corrected chi connectivity index (χ2v) is 5.03. The van der Waals surface area contributed by atoms with Gasteiger partial charge in [-0.25, -0.2) is 0 Å². The first-order valence-corrected chi connectivity index (χ1v) is 6.74. The van der Waals surface area contributed by atoms with E-state index in [1.807, 2.05) is 13.0 Å². The number of rotatable bonds is 6. The fraction of sp³-hybridized carbons (Fsp3) is 0.385. The van der Waals surface area contributed by atoms with Crippen LogP contribution in [0.25, 0.3) is 0 Å². The lowest BCUT2D eigenvalue weighted by molar-refractivity contribution is -0.143. The predicted octanol–water partition coefficient (Wildman–Crippen LogP) is 1.83. The zero-order valence-corrected chi connectivity index (χ0v) is 11.3. The molecule has 4 nitrogen and oxygen atoms in total. The number of amides is 1. The molecule has 0 saturated carbocycles. The van der Waals surface area contributed by atoms with Gasteiger partial charge in [0.2, 0.25) is 5.91 Å². The Morgan fingerprint density at radius 1 is 1.44 bits per heavy atom. The fourth-order valence-electron chi connectivity index (χ4n) is 1.44. The van der Waals surface area contributed by atoms with Crippen LogP contribution in [0, 0.1) is 5.92 Å². The number of hydrogen-bond acceptors (Lipinski definition) is 4. The average Bonchev–Trinajstić information content (AvgIpc) is 2.38. The molecule has 1 aromatic rings. The summed E-state index contributed by atoms with van der Waals surface area (Å²) < 4.78 is 4.65. The van der Waals surface area contributed by atoms with Gasteiger partial charge in [-0.15, -0.1) is 0 Å². The summed E-state index contributed by atoms with van der Waals surface area (Å²) in [6.45, 7) is 1.83. The maximum absolute atomic E-state index is 11.2. The molecular formula is C13H17NO3S. The molecule has 18 heavy (non-hydrogen) atoms. The highest BCUT2D eigenvalue weighted by atomic mass is 32.2. The van der Waals surface area contributed by atoms with Crippen LogP contribution in [-0.2, 0) is 15.3 Å². The number of ether oxygens (including phenoxy) is 1. The van der Waals surface area contributed by atoms with Crippen molar-refractivity contribution in [2.24, 2.45) is 11.7 Å². The van der Waals surface area contributed by atoms with E-state index in [0.29, 0.717) is 11.3 Å². The molecule has 0 aromatic heterocycles. The van der Waals surface area contributed by atoms with Crippen molar-refractivity contribution in [2.45, 2.75) is 12.7 Å². The average molecular weight is 267 g/mol. The number of thioether (sulfide) groups is 1. The molecule has 0 bridgehead atoms. The summed E-state index contributed by atoms with van der Waals surface area (Å²) in [4.78, 5) is 22.2. The van der Waals surface area contributed by atoms with Gasteiger partial charge in [-0.2, -0.15) is 11.8 Å². The standard InChI is InChI=1S/C13H17NO3S/c1-9(13(16)17-2)7-18-8-10-4-3-5-11(6-10)12(14)15/h3-6,9H,7-8H2,1-2H3,(H2,14,15). The van der Waals surface area contributed by atoms with Crippen molar-refractivity contribution in [2.75, 3.05) is 12.9 Å².